The number of carbonyl (C=O) groups is 1. The van der Waals surface area contributed by atoms with E-state index in [2.05, 4.69) is 10.5 Å². The van der Waals surface area contributed by atoms with Crippen molar-refractivity contribution in [1.82, 2.24) is 19.1 Å². The molecule has 0 aromatic carbocycles. The molecule has 0 spiro atoms. The summed E-state index contributed by atoms with van der Waals surface area (Å²) < 4.78 is 33.9. The first-order valence-corrected chi connectivity index (χ1v) is 10.9. The molecule has 4 rings (SSSR count). The molecule has 26 heavy (non-hydrogen) atoms. The summed E-state index contributed by atoms with van der Waals surface area (Å²) in [6.45, 7) is 3.56. The molecule has 1 aliphatic carbocycles. The minimum Gasteiger partial charge on any atom is -0.360 e. The molecule has 0 unspecified atom stereocenters. The topological polar surface area (TPSA) is 95.7 Å². The van der Waals surface area contributed by atoms with Crippen LogP contribution in [0.15, 0.2) is 10.6 Å². The summed E-state index contributed by atoms with van der Waals surface area (Å²) in [4.78, 5) is 12.4. The molecule has 8 nitrogen and oxygen atoms in total. The summed E-state index contributed by atoms with van der Waals surface area (Å²) in [7, 11) is -3.39. The second-order valence-corrected chi connectivity index (χ2v) is 9.54. The van der Waals surface area contributed by atoms with E-state index < -0.39 is 10.2 Å². The highest BCUT2D eigenvalue weighted by Crippen LogP contribution is 2.40. The number of amides is 1. The van der Waals surface area contributed by atoms with Gasteiger partial charge in [-0.25, -0.2) is 0 Å². The van der Waals surface area contributed by atoms with E-state index in [4.69, 9.17) is 4.52 Å². The third-order valence-corrected chi connectivity index (χ3v) is 7.73. The average Bonchev–Trinajstić information content (AvgIpc) is 3.11. The highest BCUT2D eigenvalue weighted by atomic mass is 32.2. The van der Waals surface area contributed by atoms with Crippen molar-refractivity contribution in [3.05, 3.63) is 17.5 Å². The monoisotopic (exact) mass is 382 g/mol. The summed E-state index contributed by atoms with van der Waals surface area (Å²) in [5.74, 6) is 0.965. The van der Waals surface area contributed by atoms with Crippen LogP contribution in [-0.4, -0.2) is 59.8 Å². The lowest BCUT2D eigenvalue weighted by molar-refractivity contribution is 0.0904. The van der Waals surface area contributed by atoms with Crippen LogP contribution in [-0.2, 0) is 10.2 Å². The summed E-state index contributed by atoms with van der Waals surface area (Å²) in [5.41, 5.74) is 0.312. The Kier molecular flexibility index (Phi) is 4.79. The van der Waals surface area contributed by atoms with E-state index in [1.165, 1.54) is 0 Å². The van der Waals surface area contributed by atoms with Crippen LogP contribution in [0.1, 0.15) is 67.6 Å². The predicted molar refractivity (Wildman–Crippen MR) is 94.9 cm³/mol. The highest BCUT2D eigenvalue weighted by Gasteiger charge is 2.38. The lowest BCUT2D eigenvalue weighted by Gasteiger charge is -2.38. The third-order valence-electron chi connectivity index (χ3n) is 5.58. The lowest BCUT2D eigenvalue weighted by atomic mass is 10.0. The molecule has 9 heteroatoms. The van der Waals surface area contributed by atoms with Crippen LogP contribution in [0.25, 0.3) is 0 Å². The molecule has 144 valence electrons. The molecular formula is C17H26N4O4S. The van der Waals surface area contributed by atoms with Crippen molar-refractivity contribution >= 4 is 16.1 Å². The van der Waals surface area contributed by atoms with Gasteiger partial charge in [-0.2, -0.15) is 17.0 Å². The van der Waals surface area contributed by atoms with Gasteiger partial charge in [0.1, 0.15) is 5.76 Å². The molecule has 2 atom stereocenters. The maximum atomic E-state index is 12.8. The molecule has 1 aromatic heterocycles. The van der Waals surface area contributed by atoms with Gasteiger partial charge in [0, 0.05) is 43.7 Å². The zero-order valence-corrected chi connectivity index (χ0v) is 15.9. The maximum absolute atomic E-state index is 12.8. The highest BCUT2D eigenvalue weighted by molar-refractivity contribution is 7.86. The summed E-state index contributed by atoms with van der Waals surface area (Å²) >= 11 is 0. The zero-order chi connectivity index (χ0) is 18.3. The average molecular weight is 382 g/mol. The molecule has 1 amide bonds. The number of piperidine rings is 1. The molecule has 0 radical (unpaired) electrons. The minimum absolute atomic E-state index is 0.0522. The Bertz CT molecular complexity index is 767. The Labute approximate surface area is 154 Å². The predicted octanol–water partition coefficient (Wildman–Crippen LogP) is 1.48. The Morgan fingerprint density at radius 3 is 2.62 bits per heavy atom. The lowest BCUT2D eigenvalue weighted by Crippen LogP contribution is -2.54. The van der Waals surface area contributed by atoms with Crippen molar-refractivity contribution in [2.45, 2.75) is 63.5 Å². The summed E-state index contributed by atoms with van der Waals surface area (Å²) in [5, 5.41) is 6.85. The van der Waals surface area contributed by atoms with Crippen LogP contribution in [0.2, 0.25) is 0 Å². The number of hydrogen-bond donors (Lipinski definition) is 1. The van der Waals surface area contributed by atoms with Crippen molar-refractivity contribution in [3.8, 4) is 0 Å². The van der Waals surface area contributed by atoms with Gasteiger partial charge in [-0.3, -0.25) is 4.79 Å². The Balaban J connectivity index is 1.35. The Morgan fingerprint density at radius 1 is 1.23 bits per heavy atom. The van der Waals surface area contributed by atoms with Crippen LogP contribution in [0.4, 0.5) is 0 Å². The fourth-order valence-corrected chi connectivity index (χ4v) is 5.80. The zero-order valence-electron chi connectivity index (χ0n) is 15.1. The van der Waals surface area contributed by atoms with E-state index in [0.717, 1.165) is 31.4 Å². The van der Waals surface area contributed by atoms with E-state index in [-0.39, 0.29) is 18.0 Å². The number of rotatable bonds is 5. The molecular weight excluding hydrogens is 356 g/mol. The van der Waals surface area contributed by atoms with Crippen molar-refractivity contribution in [3.63, 3.8) is 0 Å². The molecule has 1 N–H and O–H groups in total. The van der Waals surface area contributed by atoms with Crippen molar-refractivity contribution in [2.75, 3.05) is 19.6 Å². The molecule has 1 saturated carbocycles. The third kappa shape index (κ3) is 3.52. The maximum Gasteiger partial charge on any atom is 0.282 e. The van der Waals surface area contributed by atoms with Crippen LogP contribution in [0.3, 0.4) is 0 Å². The molecule has 3 fully saturated rings. The van der Waals surface area contributed by atoms with Gasteiger partial charge in [-0.1, -0.05) is 5.16 Å². The van der Waals surface area contributed by atoms with Gasteiger partial charge >= 0.3 is 0 Å². The SMILES string of the molecule is C[C@@H]1C[C@@H](NC(=O)c2cc(C3CC3)on2)CCN1S(=O)(=O)N1CCCC1. The van der Waals surface area contributed by atoms with Gasteiger partial charge in [0.05, 0.1) is 0 Å². The number of carbonyl (C=O) groups excluding carboxylic acids is 1. The van der Waals surface area contributed by atoms with Gasteiger partial charge < -0.3 is 9.84 Å². The molecule has 3 aliphatic rings. The van der Waals surface area contributed by atoms with Crippen LogP contribution in [0, 0.1) is 0 Å². The van der Waals surface area contributed by atoms with Crippen molar-refractivity contribution < 1.29 is 17.7 Å². The van der Waals surface area contributed by atoms with Gasteiger partial charge in [0.25, 0.3) is 16.1 Å². The van der Waals surface area contributed by atoms with Gasteiger partial charge in [-0.15, -0.1) is 0 Å². The first-order valence-electron chi connectivity index (χ1n) is 9.49. The normalized spacial score (nSPS) is 28.3. The van der Waals surface area contributed by atoms with E-state index in [1.54, 1.807) is 14.7 Å². The second-order valence-electron chi connectivity index (χ2n) is 7.66. The standard InChI is InChI=1S/C17H26N4O4S/c1-12-10-14(6-9-21(12)26(23,24)20-7-2-3-8-20)18-17(22)15-11-16(25-19-15)13-4-5-13/h11-14H,2-10H2,1H3,(H,18,22)/t12-,14+/m1/s1. The number of nitrogens with zero attached hydrogens (tertiary/aromatic N) is 3. The minimum atomic E-state index is -3.39. The van der Waals surface area contributed by atoms with Crippen LogP contribution >= 0.6 is 0 Å². The van der Waals surface area contributed by atoms with E-state index in [0.29, 0.717) is 44.1 Å². The Morgan fingerprint density at radius 2 is 1.96 bits per heavy atom. The molecule has 1 aromatic rings. The smallest absolute Gasteiger partial charge is 0.282 e. The van der Waals surface area contributed by atoms with Crippen molar-refractivity contribution in [1.29, 1.82) is 0 Å². The van der Waals surface area contributed by atoms with Gasteiger partial charge in [-0.05, 0) is 45.4 Å². The number of nitrogens with one attached hydrogen (secondary N) is 1. The summed E-state index contributed by atoms with van der Waals surface area (Å²) in [6, 6.07) is 1.53. The molecule has 2 saturated heterocycles. The Hall–Kier alpha value is -1.45. The van der Waals surface area contributed by atoms with Crippen molar-refractivity contribution in [2.24, 2.45) is 0 Å². The first kappa shape index (κ1) is 17.9. The molecule has 2 aliphatic heterocycles. The second kappa shape index (κ2) is 6.94. The molecule has 0 bridgehead atoms. The fraction of sp³-hybridized carbons (Fsp3) is 0.765. The van der Waals surface area contributed by atoms with Crippen LogP contribution in [0.5, 0.6) is 0 Å². The van der Waals surface area contributed by atoms with Gasteiger partial charge in [0.15, 0.2) is 5.69 Å². The fourth-order valence-electron chi connectivity index (χ4n) is 3.91. The van der Waals surface area contributed by atoms with E-state index in [9.17, 15) is 13.2 Å². The number of hydrogen-bond acceptors (Lipinski definition) is 5. The first-order chi connectivity index (χ1) is 12.4. The number of aromatic nitrogens is 1. The largest absolute Gasteiger partial charge is 0.360 e. The van der Waals surface area contributed by atoms with Gasteiger partial charge in [0.2, 0.25) is 0 Å². The van der Waals surface area contributed by atoms with E-state index >= 15 is 0 Å². The van der Waals surface area contributed by atoms with Crippen LogP contribution < -0.4 is 5.32 Å². The van der Waals surface area contributed by atoms with E-state index in [1.807, 2.05) is 6.92 Å². The molecule has 3 heterocycles. The summed E-state index contributed by atoms with van der Waals surface area (Å²) in [6.07, 6.45) is 5.26. The quantitative estimate of drug-likeness (QED) is 0.832.